The predicted octanol–water partition coefficient (Wildman–Crippen LogP) is 4.87. The molecule has 0 N–H and O–H groups in total. The van der Waals surface area contributed by atoms with Gasteiger partial charge in [-0.15, -0.1) is 0 Å². The Morgan fingerprint density at radius 2 is 1.42 bits per heavy atom. The fraction of sp³-hybridized carbons (Fsp3) is 0.321. The number of likely N-dealkylation sites (tertiary alicyclic amines) is 1. The van der Waals surface area contributed by atoms with Gasteiger partial charge in [0.1, 0.15) is 0 Å². The van der Waals surface area contributed by atoms with Crippen LogP contribution in [-0.4, -0.2) is 41.4 Å². The molecule has 2 aliphatic rings. The highest BCUT2D eigenvalue weighted by Gasteiger charge is 2.33. The highest BCUT2D eigenvalue weighted by molar-refractivity contribution is 5.78. The van der Waals surface area contributed by atoms with Gasteiger partial charge in [0.25, 0.3) is 0 Å². The zero-order valence-electron chi connectivity index (χ0n) is 18.0. The largest absolute Gasteiger partial charge is 0.341 e. The van der Waals surface area contributed by atoms with Crippen LogP contribution in [0.25, 0.3) is 0 Å². The van der Waals surface area contributed by atoms with Gasteiger partial charge in [-0.1, -0.05) is 84.9 Å². The fourth-order valence-corrected chi connectivity index (χ4v) is 5.20. The van der Waals surface area contributed by atoms with Gasteiger partial charge >= 0.3 is 0 Å². The molecular weight excluding hydrogens is 380 g/mol. The molecule has 3 aromatic carbocycles. The van der Waals surface area contributed by atoms with Crippen molar-refractivity contribution in [2.45, 2.75) is 37.8 Å². The first kappa shape index (κ1) is 20.0. The molecule has 1 fully saturated rings. The summed E-state index contributed by atoms with van der Waals surface area (Å²) in [7, 11) is 0. The van der Waals surface area contributed by atoms with Gasteiger partial charge in [-0.2, -0.15) is 0 Å². The zero-order valence-corrected chi connectivity index (χ0v) is 18.0. The van der Waals surface area contributed by atoms with E-state index in [9.17, 15) is 4.79 Å². The van der Waals surface area contributed by atoms with Crippen LogP contribution in [0.15, 0.2) is 84.9 Å². The molecule has 31 heavy (non-hydrogen) atoms. The average Bonchev–Trinajstić information content (AvgIpc) is 3.34. The van der Waals surface area contributed by atoms with E-state index < -0.39 is 0 Å². The normalized spacial score (nSPS) is 18.9. The number of fused-ring (bicyclic) bond motifs is 1. The number of hydrogen-bond donors (Lipinski definition) is 0. The molecule has 1 amide bonds. The summed E-state index contributed by atoms with van der Waals surface area (Å²) >= 11 is 0. The highest BCUT2D eigenvalue weighted by atomic mass is 16.2. The van der Waals surface area contributed by atoms with Gasteiger partial charge in [-0.3, -0.25) is 9.69 Å². The van der Waals surface area contributed by atoms with E-state index in [0.717, 1.165) is 39.0 Å². The minimum Gasteiger partial charge on any atom is -0.341 e. The van der Waals surface area contributed by atoms with Crippen molar-refractivity contribution in [2.24, 2.45) is 0 Å². The van der Waals surface area contributed by atoms with Crippen LogP contribution in [0, 0.1) is 0 Å². The van der Waals surface area contributed by atoms with Gasteiger partial charge in [0.05, 0.1) is 0 Å². The number of amides is 1. The topological polar surface area (TPSA) is 23.6 Å². The predicted molar refractivity (Wildman–Crippen MR) is 125 cm³/mol. The Labute approximate surface area is 185 Å². The van der Waals surface area contributed by atoms with Crippen LogP contribution in [0.5, 0.6) is 0 Å². The Kier molecular flexibility index (Phi) is 5.86. The van der Waals surface area contributed by atoms with Crippen molar-refractivity contribution in [3.05, 3.63) is 107 Å². The molecule has 0 spiro atoms. The summed E-state index contributed by atoms with van der Waals surface area (Å²) in [6.07, 6.45) is 2.73. The molecule has 0 aliphatic carbocycles. The van der Waals surface area contributed by atoms with E-state index in [0.29, 0.717) is 12.5 Å². The summed E-state index contributed by atoms with van der Waals surface area (Å²) in [5.41, 5.74) is 5.36. The lowest BCUT2D eigenvalue weighted by atomic mass is 9.88. The van der Waals surface area contributed by atoms with Crippen LogP contribution in [0.2, 0.25) is 0 Å². The van der Waals surface area contributed by atoms with Gasteiger partial charge in [0.2, 0.25) is 5.91 Å². The second-order valence-electron chi connectivity index (χ2n) is 8.85. The van der Waals surface area contributed by atoms with Crippen molar-refractivity contribution in [3.8, 4) is 0 Å². The number of carbonyl (C=O) groups is 1. The lowest BCUT2D eigenvalue weighted by molar-refractivity contribution is -0.130. The lowest BCUT2D eigenvalue weighted by Crippen LogP contribution is -2.41. The first-order chi connectivity index (χ1) is 15.3. The summed E-state index contributed by atoms with van der Waals surface area (Å²) in [5, 5.41) is 0. The first-order valence-corrected chi connectivity index (χ1v) is 11.5. The Bertz CT molecular complexity index is 978. The molecule has 0 saturated carbocycles. The van der Waals surface area contributed by atoms with Crippen LogP contribution >= 0.6 is 0 Å². The molecule has 1 saturated heterocycles. The Hall–Kier alpha value is -2.91. The number of rotatable bonds is 5. The smallest absolute Gasteiger partial charge is 0.223 e. The minimum atomic E-state index is 0.107. The van der Waals surface area contributed by atoms with E-state index in [1.807, 2.05) is 12.1 Å². The number of hydrogen-bond acceptors (Lipinski definition) is 2. The third-order valence-electron chi connectivity index (χ3n) is 6.98. The lowest BCUT2D eigenvalue weighted by Gasteiger charge is -2.33. The Balaban J connectivity index is 1.26. The van der Waals surface area contributed by atoms with E-state index in [1.54, 1.807) is 0 Å². The molecule has 3 nitrogen and oxygen atoms in total. The third-order valence-corrected chi connectivity index (χ3v) is 6.98. The Morgan fingerprint density at radius 3 is 2.10 bits per heavy atom. The summed E-state index contributed by atoms with van der Waals surface area (Å²) < 4.78 is 0. The summed E-state index contributed by atoms with van der Waals surface area (Å²) in [4.78, 5) is 18.0. The minimum absolute atomic E-state index is 0.107. The van der Waals surface area contributed by atoms with Gasteiger partial charge in [0.15, 0.2) is 0 Å². The molecule has 5 rings (SSSR count). The molecule has 1 atom stereocenters. The molecule has 2 aliphatic heterocycles. The van der Waals surface area contributed by atoms with Gasteiger partial charge in [0, 0.05) is 44.6 Å². The van der Waals surface area contributed by atoms with Crippen LogP contribution in [0.1, 0.15) is 41.0 Å². The molecule has 0 radical (unpaired) electrons. The van der Waals surface area contributed by atoms with Crippen molar-refractivity contribution in [1.29, 1.82) is 0 Å². The fourth-order valence-electron chi connectivity index (χ4n) is 5.20. The molecule has 3 aromatic rings. The van der Waals surface area contributed by atoms with Crippen molar-refractivity contribution in [3.63, 3.8) is 0 Å². The SMILES string of the molecule is O=C(CC(c1ccccc1)c1ccccc1)N1CCC(N2CCc3ccccc3C2)C1. The maximum Gasteiger partial charge on any atom is 0.223 e. The molecule has 0 bridgehead atoms. The van der Waals surface area contributed by atoms with Gasteiger partial charge < -0.3 is 4.90 Å². The number of nitrogens with zero attached hydrogens (tertiary/aromatic N) is 2. The second-order valence-corrected chi connectivity index (χ2v) is 8.85. The quantitative estimate of drug-likeness (QED) is 0.599. The van der Waals surface area contributed by atoms with E-state index in [4.69, 9.17) is 0 Å². The van der Waals surface area contributed by atoms with E-state index in [2.05, 4.69) is 82.6 Å². The van der Waals surface area contributed by atoms with Crippen LogP contribution in [-0.2, 0) is 17.8 Å². The standard InChI is InChI=1S/C28H30N2O/c31-28(19-27(23-10-3-1-4-11-23)24-12-5-2-6-13-24)30-18-16-26(21-30)29-17-15-22-9-7-8-14-25(22)20-29/h1-14,26-27H,15-21H2. The highest BCUT2D eigenvalue weighted by Crippen LogP contribution is 2.30. The van der Waals surface area contributed by atoms with E-state index in [1.165, 1.54) is 22.3 Å². The maximum atomic E-state index is 13.3. The zero-order chi connectivity index (χ0) is 21.0. The summed E-state index contributed by atoms with van der Waals surface area (Å²) in [6, 6.07) is 30.2. The number of benzene rings is 3. The number of carbonyl (C=O) groups excluding carboxylic acids is 1. The van der Waals surface area contributed by atoms with Gasteiger partial charge in [-0.05, 0) is 35.1 Å². The molecular formula is C28H30N2O. The van der Waals surface area contributed by atoms with Crippen LogP contribution in [0.4, 0.5) is 0 Å². The Morgan fingerprint density at radius 1 is 0.806 bits per heavy atom. The van der Waals surface area contributed by atoms with Crippen molar-refractivity contribution in [1.82, 2.24) is 9.80 Å². The maximum absolute atomic E-state index is 13.3. The summed E-state index contributed by atoms with van der Waals surface area (Å²) in [5.74, 6) is 0.383. The summed E-state index contributed by atoms with van der Waals surface area (Å²) in [6.45, 7) is 3.84. The second kappa shape index (κ2) is 9.07. The molecule has 1 unspecified atom stereocenters. The van der Waals surface area contributed by atoms with E-state index in [-0.39, 0.29) is 11.8 Å². The molecule has 158 valence electrons. The van der Waals surface area contributed by atoms with E-state index >= 15 is 0 Å². The van der Waals surface area contributed by atoms with Crippen LogP contribution < -0.4 is 0 Å². The molecule has 0 aromatic heterocycles. The van der Waals surface area contributed by atoms with Crippen molar-refractivity contribution < 1.29 is 4.79 Å². The van der Waals surface area contributed by atoms with Gasteiger partial charge in [-0.25, -0.2) is 0 Å². The molecule has 3 heteroatoms. The third kappa shape index (κ3) is 4.42. The average molecular weight is 411 g/mol. The molecule has 2 heterocycles. The first-order valence-electron chi connectivity index (χ1n) is 11.5. The van der Waals surface area contributed by atoms with Crippen LogP contribution in [0.3, 0.4) is 0 Å². The monoisotopic (exact) mass is 410 g/mol. The van der Waals surface area contributed by atoms with Crippen molar-refractivity contribution >= 4 is 5.91 Å². The van der Waals surface area contributed by atoms with Crippen molar-refractivity contribution in [2.75, 3.05) is 19.6 Å².